The molecule has 0 aromatic heterocycles. The second kappa shape index (κ2) is 10.5. The number of ether oxygens (including phenoxy) is 1. The lowest BCUT2D eigenvalue weighted by atomic mass is 10.00. The molecule has 0 atom stereocenters. The Morgan fingerprint density at radius 2 is 1.35 bits per heavy atom. The standard InChI is InChI=1S/C29H22F4O/c1-34-13-12-21-16-28(32)26(29(33)17-21)11-5-20-3-7-22(27(31)15-20)6-2-19-4-8-24-18-25(30)10-9-23(24)14-19/h3-4,7-10,14-18H,5,11-13H2,1H3. The van der Waals surface area contributed by atoms with Crippen LogP contribution in [0, 0.1) is 35.1 Å². The summed E-state index contributed by atoms with van der Waals surface area (Å²) in [4.78, 5) is 0. The molecule has 1 nitrogen and oxygen atoms in total. The molecule has 0 heterocycles. The number of halogens is 4. The smallest absolute Gasteiger partial charge is 0.139 e. The molecular formula is C29H22F4O. The van der Waals surface area contributed by atoms with E-state index in [0.29, 0.717) is 29.7 Å². The molecule has 0 aliphatic carbocycles. The summed E-state index contributed by atoms with van der Waals surface area (Å²) in [5.41, 5.74) is 2.05. The maximum Gasteiger partial charge on any atom is 0.139 e. The molecule has 0 N–H and O–H groups in total. The van der Waals surface area contributed by atoms with E-state index in [1.807, 2.05) is 6.07 Å². The highest BCUT2D eigenvalue weighted by molar-refractivity contribution is 5.84. The van der Waals surface area contributed by atoms with E-state index in [1.165, 1.54) is 37.4 Å². The van der Waals surface area contributed by atoms with Crippen molar-refractivity contribution in [1.29, 1.82) is 0 Å². The van der Waals surface area contributed by atoms with Crippen LogP contribution in [0.3, 0.4) is 0 Å². The Morgan fingerprint density at radius 1 is 0.647 bits per heavy atom. The topological polar surface area (TPSA) is 9.23 Å². The normalized spacial score (nSPS) is 10.9. The Bertz CT molecular complexity index is 1380. The molecule has 4 rings (SSSR count). The van der Waals surface area contributed by atoms with Crippen molar-refractivity contribution < 1.29 is 22.3 Å². The first-order valence-corrected chi connectivity index (χ1v) is 10.9. The molecule has 0 aliphatic heterocycles. The molecule has 4 aromatic carbocycles. The van der Waals surface area contributed by atoms with Gasteiger partial charge in [-0.25, -0.2) is 17.6 Å². The van der Waals surface area contributed by atoms with Gasteiger partial charge in [0.15, 0.2) is 0 Å². The molecule has 0 unspecified atom stereocenters. The van der Waals surface area contributed by atoms with Crippen LogP contribution in [0.2, 0.25) is 0 Å². The van der Waals surface area contributed by atoms with Crippen LogP contribution in [0.15, 0.2) is 66.7 Å². The monoisotopic (exact) mass is 462 g/mol. The molecule has 0 aliphatic rings. The molecule has 5 heteroatoms. The van der Waals surface area contributed by atoms with Gasteiger partial charge >= 0.3 is 0 Å². The summed E-state index contributed by atoms with van der Waals surface area (Å²) >= 11 is 0. The summed E-state index contributed by atoms with van der Waals surface area (Å²) in [7, 11) is 1.53. The number of fused-ring (bicyclic) bond motifs is 1. The van der Waals surface area contributed by atoms with Crippen molar-refractivity contribution in [3.63, 3.8) is 0 Å². The second-order valence-corrected chi connectivity index (χ2v) is 8.05. The lowest BCUT2D eigenvalue weighted by Crippen LogP contribution is -2.03. The minimum atomic E-state index is -0.604. The molecule has 0 fully saturated rings. The fourth-order valence-electron chi connectivity index (χ4n) is 3.78. The van der Waals surface area contributed by atoms with E-state index in [4.69, 9.17) is 4.74 Å². The maximum atomic E-state index is 14.6. The van der Waals surface area contributed by atoms with Gasteiger partial charge in [-0.15, -0.1) is 0 Å². The average Bonchev–Trinajstić information content (AvgIpc) is 2.81. The van der Waals surface area contributed by atoms with E-state index in [9.17, 15) is 17.6 Å². The quantitative estimate of drug-likeness (QED) is 0.227. The highest BCUT2D eigenvalue weighted by atomic mass is 19.1. The third kappa shape index (κ3) is 5.65. The zero-order valence-corrected chi connectivity index (χ0v) is 18.6. The Balaban J connectivity index is 1.46. The predicted octanol–water partition coefficient (Wildman–Crippen LogP) is 6.77. The minimum Gasteiger partial charge on any atom is -0.384 e. The van der Waals surface area contributed by atoms with Gasteiger partial charge in [0.25, 0.3) is 0 Å². The van der Waals surface area contributed by atoms with Gasteiger partial charge in [0.1, 0.15) is 23.3 Å². The van der Waals surface area contributed by atoms with Crippen molar-refractivity contribution >= 4 is 10.8 Å². The third-order valence-corrected chi connectivity index (χ3v) is 5.64. The van der Waals surface area contributed by atoms with Gasteiger partial charge in [-0.3, -0.25) is 0 Å². The van der Waals surface area contributed by atoms with Crippen LogP contribution in [0.1, 0.15) is 27.8 Å². The zero-order valence-electron chi connectivity index (χ0n) is 18.6. The van der Waals surface area contributed by atoms with Crippen molar-refractivity contribution in [3.8, 4) is 11.8 Å². The molecule has 0 bridgehead atoms. The van der Waals surface area contributed by atoms with E-state index in [-0.39, 0.29) is 29.8 Å². The number of methoxy groups -OCH3 is 1. The van der Waals surface area contributed by atoms with Crippen LogP contribution in [-0.4, -0.2) is 13.7 Å². The molecule has 0 spiro atoms. The summed E-state index contributed by atoms with van der Waals surface area (Å²) in [6, 6.07) is 17.1. The van der Waals surface area contributed by atoms with Crippen molar-refractivity contribution in [2.75, 3.05) is 13.7 Å². The van der Waals surface area contributed by atoms with Gasteiger partial charge in [0, 0.05) is 18.2 Å². The van der Waals surface area contributed by atoms with Crippen LogP contribution in [0.4, 0.5) is 17.6 Å². The van der Waals surface area contributed by atoms with Crippen molar-refractivity contribution in [2.24, 2.45) is 0 Å². The summed E-state index contributed by atoms with van der Waals surface area (Å²) in [5, 5.41) is 1.61. The van der Waals surface area contributed by atoms with Crippen LogP contribution >= 0.6 is 0 Å². The van der Waals surface area contributed by atoms with Crippen molar-refractivity contribution in [1.82, 2.24) is 0 Å². The molecule has 34 heavy (non-hydrogen) atoms. The van der Waals surface area contributed by atoms with Gasteiger partial charge in [-0.05, 0) is 89.7 Å². The first-order chi connectivity index (χ1) is 16.4. The van der Waals surface area contributed by atoms with Gasteiger partial charge in [0.05, 0.1) is 12.2 Å². The lowest BCUT2D eigenvalue weighted by molar-refractivity contribution is 0.202. The molecule has 0 amide bonds. The van der Waals surface area contributed by atoms with Crippen LogP contribution < -0.4 is 0 Å². The van der Waals surface area contributed by atoms with Crippen molar-refractivity contribution in [2.45, 2.75) is 19.3 Å². The summed E-state index contributed by atoms with van der Waals surface area (Å²) in [6.07, 6.45) is 0.831. The molecule has 0 radical (unpaired) electrons. The Labute approximate surface area is 196 Å². The number of benzene rings is 4. The molecule has 4 aromatic rings. The lowest BCUT2D eigenvalue weighted by Gasteiger charge is -2.09. The second-order valence-electron chi connectivity index (χ2n) is 8.05. The predicted molar refractivity (Wildman–Crippen MR) is 126 cm³/mol. The third-order valence-electron chi connectivity index (χ3n) is 5.64. The number of aryl methyl sites for hydroxylation is 1. The first-order valence-electron chi connectivity index (χ1n) is 10.9. The fourth-order valence-corrected chi connectivity index (χ4v) is 3.78. The molecule has 172 valence electrons. The van der Waals surface area contributed by atoms with Crippen LogP contribution in [0.25, 0.3) is 10.8 Å². The van der Waals surface area contributed by atoms with Crippen molar-refractivity contribution in [3.05, 3.63) is 118 Å². The largest absolute Gasteiger partial charge is 0.384 e. The highest BCUT2D eigenvalue weighted by Crippen LogP contribution is 2.20. The van der Waals surface area contributed by atoms with Gasteiger partial charge in [-0.2, -0.15) is 0 Å². The van der Waals surface area contributed by atoms with E-state index in [2.05, 4.69) is 11.8 Å². The SMILES string of the molecule is COCCc1cc(F)c(CCc2ccc(C#Cc3ccc4cc(F)ccc4c3)c(F)c2)c(F)c1. The van der Waals surface area contributed by atoms with Gasteiger partial charge < -0.3 is 4.74 Å². The minimum absolute atomic E-state index is 0.0124. The van der Waals surface area contributed by atoms with E-state index >= 15 is 0 Å². The summed E-state index contributed by atoms with van der Waals surface area (Å²) in [5.74, 6) is 3.73. The van der Waals surface area contributed by atoms with Gasteiger partial charge in [0.2, 0.25) is 0 Å². The van der Waals surface area contributed by atoms with Crippen LogP contribution in [-0.2, 0) is 24.0 Å². The summed E-state index contributed by atoms with van der Waals surface area (Å²) < 4.78 is 61.6. The molecule has 0 saturated carbocycles. The van der Waals surface area contributed by atoms with E-state index in [0.717, 1.165) is 10.8 Å². The maximum absolute atomic E-state index is 14.6. The molecule has 0 saturated heterocycles. The number of hydrogen-bond donors (Lipinski definition) is 0. The fraction of sp³-hybridized carbons (Fsp3) is 0.172. The Morgan fingerprint density at radius 3 is 2.09 bits per heavy atom. The van der Waals surface area contributed by atoms with Gasteiger partial charge in [-0.1, -0.05) is 30.0 Å². The Kier molecular flexibility index (Phi) is 7.30. The van der Waals surface area contributed by atoms with E-state index in [1.54, 1.807) is 30.3 Å². The average molecular weight is 462 g/mol. The van der Waals surface area contributed by atoms with Crippen LogP contribution in [0.5, 0.6) is 0 Å². The number of hydrogen-bond acceptors (Lipinski definition) is 1. The summed E-state index contributed by atoms with van der Waals surface area (Å²) in [6.45, 7) is 0.383. The Hall–Kier alpha value is -3.62. The zero-order chi connectivity index (χ0) is 24.1. The first kappa shape index (κ1) is 23.5. The number of rotatable bonds is 6. The highest BCUT2D eigenvalue weighted by Gasteiger charge is 2.12. The molecular weight excluding hydrogens is 440 g/mol. The van der Waals surface area contributed by atoms with E-state index < -0.39 is 17.5 Å².